The van der Waals surface area contributed by atoms with Gasteiger partial charge in [0.25, 0.3) is 0 Å². The number of nitrogens with zero attached hydrogens (tertiary/aromatic N) is 6. The van der Waals surface area contributed by atoms with E-state index in [4.69, 9.17) is 0 Å². The van der Waals surface area contributed by atoms with Crippen molar-refractivity contribution in [3.8, 4) is 33.4 Å². The fourth-order valence-corrected chi connectivity index (χ4v) is 17.8. The topological polar surface area (TPSA) is 202 Å². The number of benzene rings is 7. The summed E-state index contributed by atoms with van der Waals surface area (Å²) in [7, 11) is -8.24. The molecular formula is C84H85F8N6O9P3. The van der Waals surface area contributed by atoms with Gasteiger partial charge in [-0.1, -0.05) is 84.9 Å². The van der Waals surface area contributed by atoms with E-state index in [0.29, 0.717) is 82.4 Å². The summed E-state index contributed by atoms with van der Waals surface area (Å²) in [5.41, 5.74) is 3.45. The molecule has 3 amide bonds. The van der Waals surface area contributed by atoms with Crippen molar-refractivity contribution >= 4 is 89.5 Å². The standard InChI is InChI=1S/C29H29F3NO3P.C28H28F3N2O3P.C27H28F2N3O3P/c1-18-10-11-19(24(30)15-18)16-21(34)17-20-7-6-14-33(29(20)35)25-13-12-23(27(31)28(25)32)22-8-4-5-9-26(22)37(2,3)36;1-17-13-22(29)23(32-16-17)15-19(34)14-18-7-6-12-33(28(18)35)24-11-10-21(26(30)27(24)31)20-8-4-5-9-25(20)37(2,3)36;1-17-15-31-20(16-30-17)14-21(33)11-18-7-6-10-32(27(18)34)26-23(28)12-19(13-24(26)29)22-8-4-5-9-25(22)36(2,3)35/h4-5,8-13,15,20H,6-7,14,16-17H2,1-3H3;4-5,8-11,13,16,18H,6-7,12,14-15H2,1-3H3;4-5,8-9,12-13,15-16,18H,6-7,10-11,14H2,1-3H3/t20-;2*18-/m000/s1. The summed E-state index contributed by atoms with van der Waals surface area (Å²) >= 11 is 0. The number of carbonyl (C=O) groups is 6. The zero-order chi connectivity index (χ0) is 79.8. The van der Waals surface area contributed by atoms with Gasteiger partial charge in [0.15, 0.2) is 34.9 Å². The predicted octanol–water partition coefficient (Wildman–Crippen LogP) is 16.9. The molecule has 0 N–H and O–H groups in total. The van der Waals surface area contributed by atoms with Crippen molar-refractivity contribution in [3.05, 3.63) is 232 Å². The number of aromatic nitrogens is 3. The van der Waals surface area contributed by atoms with Gasteiger partial charge in [0.05, 0.1) is 41.3 Å². The van der Waals surface area contributed by atoms with Crippen molar-refractivity contribution in [2.24, 2.45) is 17.8 Å². The van der Waals surface area contributed by atoms with Gasteiger partial charge in [0, 0.05) is 109 Å². The van der Waals surface area contributed by atoms with Crippen LogP contribution in [0.3, 0.4) is 0 Å². The van der Waals surface area contributed by atoms with Crippen molar-refractivity contribution in [1.29, 1.82) is 0 Å². The zero-order valence-corrected chi connectivity index (χ0v) is 65.2. The van der Waals surface area contributed by atoms with E-state index < -0.39 is 109 Å². The first-order valence-electron chi connectivity index (χ1n) is 36.0. The van der Waals surface area contributed by atoms with Crippen LogP contribution in [0.2, 0.25) is 0 Å². The summed E-state index contributed by atoms with van der Waals surface area (Å²) in [6, 6.07) is 33.7. The van der Waals surface area contributed by atoms with E-state index in [1.54, 1.807) is 152 Å². The lowest BCUT2D eigenvalue weighted by molar-refractivity contribution is -0.128. The molecule has 0 saturated carbocycles. The molecule has 3 atom stereocenters. The molecule has 7 aromatic carbocycles. The Balaban J connectivity index is 0.000000176. The number of anilines is 3. The lowest BCUT2D eigenvalue weighted by atomic mass is 9.89. The van der Waals surface area contributed by atoms with Gasteiger partial charge in [0.2, 0.25) is 17.7 Å². The van der Waals surface area contributed by atoms with Crippen LogP contribution in [0, 0.1) is 85.1 Å². The van der Waals surface area contributed by atoms with Crippen molar-refractivity contribution in [1.82, 2.24) is 15.0 Å². The maximum atomic E-state index is 15.3. The lowest BCUT2D eigenvalue weighted by Gasteiger charge is -2.32. The number of hydrogen-bond acceptors (Lipinski definition) is 12. The average Bonchev–Trinajstić information content (AvgIpc) is 0.780. The summed E-state index contributed by atoms with van der Waals surface area (Å²) in [6.45, 7) is 15.2. The van der Waals surface area contributed by atoms with E-state index in [9.17, 15) is 51.2 Å². The minimum Gasteiger partial charge on any atom is -0.319 e. The molecule has 0 aliphatic carbocycles. The molecule has 3 aliphatic heterocycles. The van der Waals surface area contributed by atoms with E-state index in [2.05, 4.69) is 15.0 Å². The minimum atomic E-state index is -2.77. The second-order valence-corrected chi connectivity index (χ2v) is 38.9. The largest absolute Gasteiger partial charge is 0.319 e. The number of ketones is 3. The zero-order valence-electron chi connectivity index (χ0n) is 62.5. The van der Waals surface area contributed by atoms with Gasteiger partial charge < -0.3 is 28.4 Å². The molecule has 576 valence electrons. The quantitative estimate of drug-likeness (QED) is 0.0487. The van der Waals surface area contributed by atoms with E-state index in [-0.39, 0.29) is 115 Å². The van der Waals surface area contributed by atoms with Crippen LogP contribution in [0.1, 0.15) is 91.6 Å². The van der Waals surface area contributed by atoms with Gasteiger partial charge in [-0.3, -0.25) is 43.7 Å². The molecule has 15 nitrogen and oxygen atoms in total. The molecule has 3 saturated heterocycles. The molecule has 0 radical (unpaired) electrons. The number of carbonyl (C=O) groups excluding carboxylic acids is 6. The summed E-state index contributed by atoms with van der Waals surface area (Å²) in [4.78, 5) is 93.2. The first kappa shape index (κ1) is 82.8. The Bertz CT molecular complexity index is 4960. The summed E-state index contributed by atoms with van der Waals surface area (Å²) in [5, 5.41) is 1.41. The third-order valence-electron chi connectivity index (χ3n) is 19.6. The Hall–Kier alpha value is -9.68. The average molecular weight is 1570 g/mol. The second-order valence-electron chi connectivity index (χ2n) is 29.3. The van der Waals surface area contributed by atoms with Crippen molar-refractivity contribution in [2.45, 2.75) is 97.8 Å². The SMILES string of the molecule is Cc1ccc(CC(=O)C[C@@H]2CCCN(c3ccc(-c4ccccc4P(C)(C)=O)c(F)c3F)C2=O)c(F)c1.Cc1cnc(CC(=O)C[C@@H]2CCCN(c3c(F)cc(-c4ccccc4P(C)(C)=O)cc3F)C2=O)cn1.Cc1cnc(CC(=O)C[C@@H]2CCCN(c3ccc(-c4ccccc4P(C)(C)=O)c(F)c3F)C2=O)c(F)c1. The predicted molar refractivity (Wildman–Crippen MR) is 415 cm³/mol. The molecule has 5 heterocycles. The molecule has 0 spiro atoms. The highest BCUT2D eigenvalue weighted by atomic mass is 31.2. The number of hydrogen-bond donors (Lipinski definition) is 0. The van der Waals surface area contributed by atoms with Gasteiger partial charge in [-0.2, -0.15) is 0 Å². The third-order valence-corrected chi connectivity index (χ3v) is 24.3. The van der Waals surface area contributed by atoms with E-state index in [1.807, 2.05) is 0 Å². The highest BCUT2D eigenvalue weighted by Crippen LogP contribution is 2.45. The van der Waals surface area contributed by atoms with Crippen molar-refractivity contribution in [3.63, 3.8) is 0 Å². The molecule has 26 heteroatoms. The normalized spacial score (nSPS) is 16.2. The first-order chi connectivity index (χ1) is 52.0. The third kappa shape index (κ3) is 19.7. The molecule has 3 fully saturated rings. The maximum Gasteiger partial charge on any atom is 0.230 e. The van der Waals surface area contributed by atoms with Gasteiger partial charge in [-0.05, 0) is 187 Å². The number of Topliss-reactive ketones (excluding diaryl/α,β-unsaturated/α-hetero) is 3. The minimum absolute atomic E-state index is 0.0170. The Morgan fingerprint density at radius 3 is 1.27 bits per heavy atom. The number of amides is 3. The molecule has 3 aliphatic rings. The van der Waals surface area contributed by atoms with Crippen molar-refractivity contribution < 1.29 is 77.6 Å². The van der Waals surface area contributed by atoms with Crippen LogP contribution >= 0.6 is 21.4 Å². The van der Waals surface area contributed by atoms with Gasteiger partial charge in [-0.15, -0.1) is 0 Å². The van der Waals surface area contributed by atoms with Crippen LogP contribution in [0.15, 0.2) is 152 Å². The monoisotopic (exact) mass is 1570 g/mol. The van der Waals surface area contributed by atoms with Crippen LogP contribution in [-0.4, -0.2) is 110 Å². The summed E-state index contributed by atoms with van der Waals surface area (Å²) in [6.07, 6.45) is 6.85. The highest BCUT2D eigenvalue weighted by molar-refractivity contribution is 7.71. The lowest BCUT2D eigenvalue weighted by Crippen LogP contribution is -2.43. The van der Waals surface area contributed by atoms with Crippen molar-refractivity contribution in [2.75, 3.05) is 74.3 Å². The first-order valence-corrected chi connectivity index (χ1v) is 43.8. The van der Waals surface area contributed by atoms with E-state index in [0.717, 1.165) is 16.2 Å². The van der Waals surface area contributed by atoms with Gasteiger partial charge in [-0.25, -0.2) is 35.1 Å². The molecule has 2 aromatic heterocycles. The van der Waals surface area contributed by atoms with E-state index >= 15 is 26.3 Å². The van der Waals surface area contributed by atoms with Crippen LogP contribution in [0.4, 0.5) is 52.2 Å². The van der Waals surface area contributed by atoms with Gasteiger partial charge in [0.1, 0.15) is 56.1 Å². The number of pyridine rings is 1. The fraction of sp³-hybridized carbons (Fsp3) is 0.321. The molecular weight excluding hydrogens is 1480 g/mol. The second kappa shape index (κ2) is 35.1. The Labute approximate surface area is 634 Å². The highest BCUT2D eigenvalue weighted by Gasteiger charge is 2.38. The Morgan fingerprint density at radius 1 is 0.409 bits per heavy atom. The maximum absolute atomic E-state index is 15.3. The van der Waals surface area contributed by atoms with Crippen LogP contribution < -0.4 is 30.6 Å². The van der Waals surface area contributed by atoms with Crippen LogP contribution in [0.25, 0.3) is 33.4 Å². The van der Waals surface area contributed by atoms with Crippen LogP contribution in [0.5, 0.6) is 0 Å². The van der Waals surface area contributed by atoms with Gasteiger partial charge >= 0.3 is 0 Å². The summed E-state index contributed by atoms with van der Waals surface area (Å²) < 4.78 is 158. The number of halogens is 8. The van der Waals surface area contributed by atoms with E-state index in [1.165, 1.54) is 70.7 Å². The summed E-state index contributed by atoms with van der Waals surface area (Å²) in [5.74, 6) is -11.7. The molecule has 110 heavy (non-hydrogen) atoms. The fourth-order valence-electron chi connectivity index (χ4n) is 14.2. The Kier molecular flexibility index (Phi) is 26.4. The molecule has 9 aromatic rings. The van der Waals surface area contributed by atoms with Crippen LogP contribution in [-0.2, 0) is 61.7 Å². The molecule has 0 unspecified atom stereocenters. The number of piperidine rings is 3. The number of aryl methyl sites for hydroxylation is 3. The number of rotatable bonds is 21. The molecule has 12 rings (SSSR count). The smallest absolute Gasteiger partial charge is 0.230 e. The Morgan fingerprint density at radius 2 is 0.827 bits per heavy atom. The molecule has 0 bridgehead atoms.